The molecular weight excluding hydrogens is 240 g/mol. The average molecular weight is 262 g/mol. The maximum atomic E-state index is 11.8. The number of hydrogen-bond acceptors (Lipinski definition) is 3. The third kappa shape index (κ3) is 5.46. The molecule has 0 bridgehead atoms. The second-order valence-corrected chi connectivity index (χ2v) is 5.27. The van der Waals surface area contributed by atoms with Gasteiger partial charge in [0, 0.05) is 5.56 Å². The summed E-state index contributed by atoms with van der Waals surface area (Å²) in [5.74, 6) is 0.0901. The van der Waals surface area contributed by atoms with Crippen LogP contribution in [0.1, 0.15) is 43.6 Å². The van der Waals surface area contributed by atoms with Gasteiger partial charge in [0.2, 0.25) is 0 Å². The lowest BCUT2D eigenvalue weighted by molar-refractivity contribution is 0.0366. The lowest BCUT2D eigenvalue weighted by Gasteiger charge is -2.23. The summed E-state index contributed by atoms with van der Waals surface area (Å²) in [6.45, 7) is 11.5. The van der Waals surface area contributed by atoms with E-state index in [4.69, 9.17) is 4.74 Å². The molecule has 0 saturated carbocycles. The van der Waals surface area contributed by atoms with Crippen molar-refractivity contribution < 1.29 is 9.53 Å². The van der Waals surface area contributed by atoms with Crippen molar-refractivity contribution in [2.75, 3.05) is 0 Å². The van der Waals surface area contributed by atoms with Gasteiger partial charge >= 0.3 is 0 Å². The van der Waals surface area contributed by atoms with Crippen molar-refractivity contribution in [3.8, 4) is 0 Å². The van der Waals surface area contributed by atoms with Crippen LogP contribution < -0.4 is 10.9 Å². The van der Waals surface area contributed by atoms with E-state index in [1.54, 1.807) is 12.1 Å². The smallest absolute Gasteiger partial charge is 0.269 e. The van der Waals surface area contributed by atoms with Crippen LogP contribution in [0.3, 0.4) is 0 Å². The van der Waals surface area contributed by atoms with Crippen LogP contribution in [0.5, 0.6) is 0 Å². The lowest BCUT2D eigenvalue weighted by atomic mass is 10.1. The van der Waals surface area contributed by atoms with E-state index in [1.807, 2.05) is 32.9 Å². The summed E-state index contributed by atoms with van der Waals surface area (Å²) in [5, 5.41) is 0. The molecule has 1 aromatic rings. The van der Waals surface area contributed by atoms with Crippen molar-refractivity contribution in [3.63, 3.8) is 0 Å². The van der Waals surface area contributed by atoms with Gasteiger partial charge in [-0.1, -0.05) is 19.1 Å². The molecule has 1 aromatic carbocycles. The van der Waals surface area contributed by atoms with Crippen LogP contribution in [0.4, 0.5) is 0 Å². The molecule has 0 aliphatic heterocycles. The predicted molar refractivity (Wildman–Crippen MR) is 76.4 cm³/mol. The normalized spacial score (nSPS) is 10.7. The van der Waals surface area contributed by atoms with E-state index < -0.39 is 0 Å². The monoisotopic (exact) mass is 262 g/mol. The van der Waals surface area contributed by atoms with Gasteiger partial charge in [0.15, 0.2) is 5.88 Å². The van der Waals surface area contributed by atoms with Crippen LogP contribution in [-0.2, 0) is 11.2 Å². The Bertz CT molecular complexity index is 444. The van der Waals surface area contributed by atoms with Crippen molar-refractivity contribution in [3.05, 3.63) is 47.9 Å². The molecule has 0 unspecified atom stereocenters. The summed E-state index contributed by atoms with van der Waals surface area (Å²) >= 11 is 0. The van der Waals surface area contributed by atoms with E-state index in [2.05, 4.69) is 24.4 Å². The molecule has 1 rings (SSSR count). The van der Waals surface area contributed by atoms with Gasteiger partial charge in [0.05, 0.1) is 0 Å². The number of rotatable bonds is 5. The molecular formula is C15H22N2O2. The SMILES string of the molecule is C=C(NNC(=O)c1ccc(CC)cc1)OC(C)(C)C. The minimum absolute atomic E-state index is 0.221. The van der Waals surface area contributed by atoms with E-state index in [0.717, 1.165) is 6.42 Å². The van der Waals surface area contributed by atoms with E-state index in [1.165, 1.54) is 5.56 Å². The Morgan fingerprint density at radius 1 is 1.21 bits per heavy atom. The van der Waals surface area contributed by atoms with Crippen molar-refractivity contribution in [2.24, 2.45) is 0 Å². The number of amides is 1. The number of ether oxygens (including phenoxy) is 1. The Labute approximate surface area is 114 Å². The largest absolute Gasteiger partial charge is 0.473 e. The Kier molecular flexibility index (Phi) is 4.98. The molecule has 0 heterocycles. The summed E-state index contributed by atoms with van der Waals surface area (Å²) in [7, 11) is 0. The molecule has 0 aromatic heterocycles. The zero-order valence-electron chi connectivity index (χ0n) is 12.0. The van der Waals surface area contributed by atoms with Crippen molar-refractivity contribution in [1.82, 2.24) is 10.9 Å². The van der Waals surface area contributed by atoms with Gasteiger partial charge in [-0.05, 0) is 51.5 Å². The number of carbonyl (C=O) groups is 1. The lowest BCUT2D eigenvalue weighted by Crippen LogP contribution is -2.39. The standard InChI is InChI=1S/C15H22N2O2/c1-6-12-7-9-13(10-8-12)14(18)17-16-11(2)19-15(3,4)5/h7-10,16H,2,6H2,1,3-5H3,(H,17,18). The second kappa shape index (κ2) is 6.27. The molecule has 19 heavy (non-hydrogen) atoms. The molecule has 0 fully saturated rings. The van der Waals surface area contributed by atoms with Crippen molar-refractivity contribution in [2.45, 2.75) is 39.7 Å². The summed E-state index contributed by atoms with van der Waals surface area (Å²) < 4.78 is 5.44. The van der Waals surface area contributed by atoms with Crippen LogP contribution in [-0.4, -0.2) is 11.5 Å². The first-order valence-electron chi connectivity index (χ1n) is 6.35. The molecule has 4 nitrogen and oxygen atoms in total. The maximum Gasteiger partial charge on any atom is 0.269 e. The zero-order chi connectivity index (χ0) is 14.5. The van der Waals surface area contributed by atoms with E-state index >= 15 is 0 Å². The summed E-state index contributed by atoms with van der Waals surface area (Å²) in [4.78, 5) is 11.8. The van der Waals surface area contributed by atoms with Gasteiger partial charge in [-0.15, -0.1) is 0 Å². The van der Waals surface area contributed by atoms with Gasteiger partial charge in [0.1, 0.15) is 5.60 Å². The van der Waals surface area contributed by atoms with Crippen LogP contribution in [0.2, 0.25) is 0 Å². The first-order chi connectivity index (χ1) is 8.81. The average Bonchev–Trinajstić information content (AvgIpc) is 2.34. The molecule has 0 spiro atoms. The number of hydrazine groups is 1. The Morgan fingerprint density at radius 2 is 1.79 bits per heavy atom. The molecule has 0 aliphatic rings. The Morgan fingerprint density at radius 3 is 2.26 bits per heavy atom. The Hall–Kier alpha value is -1.97. The number of hydrogen-bond donors (Lipinski definition) is 2. The molecule has 0 atom stereocenters. The first kappa shape index (κ1) is 15.1. The fourth-order valence-electron chi connectivity index (χ4n) is 1.49. The molecule has 104 valence electrons. The minimum Gasteiger partial charge on any atom is -0.473 e. The number of carbonyl (C=O) groups excluding carboxylic acids is 1. The molecule has 0 saturated heterocycles. The molecule has 0 radical (unpaired) electrons. The van der Waals surface area contributed by atoms with E-state index in [0.29, 0.717) is 11.4 Å². The summed E-state index contributed by atoms with van der Waals surface area (Å²) in [5.41, 5.74) is 6.64. The minimum atomic E-state index is -0.350. The van der Waals surface area contributed by atoms with Crippen LogP contribution in [0, 0.1) is 0 Å². The van der Waals surface area contributed by atoms with Gasteiger partial charge in [-0.3, -0.25) is 15.6 Å². The maximum absolute atomic E-state index is 11.8. The number of benzene rings is 1. The van der Waals surface area contributed by atoms with E-state index in [-0.39, 0.29) is 11.5 Å². The number of nitrogens with one attached hydrogen (secondary N) is 2. The third-order valence-electron chi connectivity index (χ3n) is 2.37. The highest BCUT2D eigenvalue weighted by Gasteiger charge is 2.13. The van der Waals surface area contributed by atoms with Crippen molar-refractivity contribution in [1.29, 1.82) is 0 Å². The highest BCUT2D eigenvalue weighted by atomic mass is 16.5. The highest BCUT2D eigenvalue weighted by molar-refractivity contribution is 5.93. The molecule has 4 heteroatoms. The predicted octanol–water partition coefficient (Wildman–Crippen LogP) is 2.77. The zero-order valence-corrected chi connectivity index (χ0v) is 12.0. The van der Waals surface area contributed by atoms with Gasteiger partial charge in [0.25, 0.3) is 5.91 Å². The highest BCUT2D eigenvalue weighted by Crippen LogP contribution is 2.10. The fourth-order valence-corrected chi connectivity index (χ4v) is 1.49. The van der Waals surface area contributed by atoms with Gasteiger partial charge in [-0.2, -0.15) is 0 Å². The summed E-state index contributed by atoms with van der Waals surface area (Å²) in [6.07, 6.45) is 0.955. The van der Waals surface area contributed by atoms with Gasteiger partial charge in [-0.25, -0.2) is 0 Å². The summed E-state index contributed by atoms with van der Waals surface area (Å²) in [6, 6.07) is 7.47. The van der Waals surface area contributed by atoms with E-state index in [9.17, 15) is 4.79 Å². The molecule has 2 N–H and O–H groups in total. The Balaban J connectivity index is 2.49. The second-order valence-electron chi connectivity index (χ2n) is 5.27. The van der Waals surface area contributed by atoms with Gasteiger partial charge < -0.3 is 4.74 Å². The van der Waals surface area contributed by atoms with Crippen LogP contribution in [0.15, 0.2) is 36.7 Å². The fraction of sp³-hybridized carbons (Fsp3) is 0.400. The van der Waals surface area contributed by atoms with Crippen molar-refractivity contribution >= 4 is 5.91 Å². The molecule has 1 amide bonds. The topological polar surface area (TPSA) is 50.4 Å². The first-order valence-corrected chi connectivity index (χ1v) is 6.35. The third-order valence-corrected chi connectivity index (χ3v) is 2.37. The number of aryl methyl sites for hydroxylation is 1. The van der Waals surface area contributed by atoms with Crippen LogP contribution >= 0.6 is 0 Å². The molecule has 0 aliphatic carbocycles. The quantitative estimate of drug-likeness (QED) is 0.633. The van der Waals surface area contributed by atoms with Crippen LogP contribution in [0.25, 0.3) is 0 Å².